The summed E-state index contributed by atoms with van der Waals surface area (Å²) >= 11 is 0. The maximum Gasteiger partial charge on any atom is 0.295 e. The molecule has 1 aliphatic heterocycles. The van der Waals surface area contributed by atoms with Gasteiger partial charge in [-0.25, -0.2) is 0 Å². The van der Waals surface area contributed by atoms with Crippen molar-refractivity contribution in [3.05, 3.63) is 10.6 Å². The van der Waals surface area contributed by atoms with Crippen LogP contribution in [0.1, 0.15) is 20.3 Å². The van der Waals surface area contributed by atoms with E-state index < -0.39 is 16.2 Å². The zero-order valence-electron chi connectivity index (χ0n) is 6.49. The van der Waals surface area contributed by atoms with Gasteiger partial charge in [0.05, 0.1) is 10.6 Å². The Kier molecular flexibility index (Phi) is 1.94. The lowest BCUT2D eigenvalue weighted by molar-refractivity contribution is 0.254. The maximum atomic E-state index is 11.0. The molecule has 4 nitrogen and oxygen atoms in total. The highest BCUT2D eigenvalue weighted by Gasteiger charge is 2.32. The molecule has 0 spiro atoms. The molecule has 0 saturated carbocycles. The number of allylic oxidation sites excluding steroid dienone is 1. The Morgan fingerprint density at radius 2 is 2.18 bits per heavy atom. The second-order valence-corrected chi connectivity index (χ2v) is 4.17. The van der Waals surface area contributed by atoms with Crippen LogP contribution in [0.2, 0.25) is 0 Å². The SMILES string of the molecule is CC[C@H]1OS(=O)(=O)C(C)=C1N. The molecule has 0 aromatic heterocycles. The molecule has 0 bridgehead atoms. The number of hydrogen-bond donors (Lipinski definition) is 1. The molecule has 2 N–H and O–H groups in total. The minimum atomic E-state index is -3.48. The Balaban J connectivity index is 3.08. The molecule has 0 unspecified atom stereocenters. The van der Waals surface area contributed by atoms with E-state index in [0.717, 1.165) is 0 Å². The van der Waals surface area contributed by atoms with Crippen LogP contribution in [0.25, 0.3) is 0 Å². The average Bonchev–Trinajstić information content (AvgIpc) is 2.13. The minimum Gasteiger partial charge on any atom is -0.399 e. The van der Waals surface area contributed by atoms with Gasteiger partial charge in [0.1, 0.15) is 6.10 Å². The van der Waals surface area contributed by atoms with Crippen molar-refractivity contribution in [2.45, 2.75) is 26.4 Å². The van der Waals surface area contributed by atoms with Crippen LogP contribution in [-0.4, -0.2) is 14.5 Å². The van der Waals surface area contributed by atoms with Crippen molar-refractivity contribution >= 4 is 10.1 Å². The topological polar surface area (TPSA) is 69.4 Å². The summed E-state index contributed by atoms with van der Waals surface area (Å²) in [5.74, 6) is 0. The number of hydrogen-bond acceptors (Lipinski definition) is 4. The number of nitrogens with two attached hydrogens (primary N) is 1. The molecule has 1 rings (SSSR count). The second kappa shape index (κ2) is 2.49. The lowest BCUT2D eigenvalue weighted by atomic mass is 10.2. The van der Waals surface area contributed by atoms with Gasteiger partial charge in [0.2, 0.25) is 0 Å². The zero-order valence-corrected chi connectivity index (χ0v) is 7.31. The van der Waals surface area contributed by atoms with Gasteiger partial charge in [-0.15, -0.1) is 0 Å². The molecule has 1 heterocycles. The first kappa shape index (κ1) is 8.55. The molecule has 0 amide bonds. The summed E-state index contributed by atoms with van der Waals surface area (Å²) in [6.07, 6.45) is 0.141. The van der Waals surface area contributed by atoms with E-state index in [0.29, 0.717) is 12.1 Å². The van der Waals surface area contributed by atoms with Crippen LogP contribution in [0, 0.1) is 0 Å². The van der Waals surface area contributed by atoms with Gasteiger partial charge in [-0.2, -0.15) is 8.42 Å². The zero-order chi connectivity index (χ0) is 8.65. The Morgan fingerprint density at radius 3 is 2.36 bits per heavy atom. The highest BCUT2D eigenvalue weighted by molar-refractivity contribution is 7.90. The van der Waals surface area contributed by atoms with Crippen LogP contribution in [0.15, 0.2) is 10.6 Å². The molecule has 1 atom stereocenters. The summed E-state index contributed by atoms with van der Waals surface area (Å²) in [7, 11) is -3.48. The van der Waals surface area contributed by atoms with Crippen LogP contribution in [0.5, 0.6) is 0 Å². The predicted octanol–water partition coefficient (Wildman–Crippen LogP) is 0.315. The van der Waals surface area contributed by atoms with E-state index >= 15 is 0 Å². The molecule has 0 fully saturated rings. The van der Waals surface area contributed by atoms with E-state index in [-0.39, 0.29) is 4.91 Å². The molecule has 0 aromatic rings. The van der Waals surface area contributed by atoms with E-state index in [1.807, 2.05) is 6.92 Å². The van der Waals surface area contributed by atoms with Crippen molar-refractivity contribution in [3.63, 3.8) is 0 Å². The monoisotopic (exact) mass is 177 g/mol. The Hall–Kier alpha value is -0.550. The van der Waals surface area contributed by atoms with Crippen LogP contribution in [-0.2, 0) is 14.3 Å². The summed E-state index contributed by atoms with van der Waals surface area (Å²) in [5, 5.41) is 0. The smallest absolute Gasteiger partial charge is 0.295 e. The van der Waals surface area contributed by atoms with Crippen molar-refractivity contribution < 1.29 is 12.6 Å². The second-order valence-electron chi connectivity index (χ2n) is 2.46. The van der Waals surface area contributed by atoms with Gasteiger partial charge < -0.3 is 5.73 Å². The highest BCUT2D eigenvalue weighted by Crippen LogP contribution is 2.26. The van der Waals surface area contributed by atoms with E-state index in [2.05, 4.69) is 0 Å². The summed E-state index contributed by atoms with van der Waals surface area (Å²) < 4.78 is 26.7. The first-order chi connectivity index (χ1) is 4.99. The first-order valence-electron chi connectivity index (χ1n) is 3.38. The van der Waals surface area contributed by atoms with Crippen LogP contribution >= 0.6 is 0 Å². The summed E-state index contributed by atoms with van der Waals surface area (Å²) in [4.78, 5) is 0.157. The Labute approximate surface area is 66.2 Å². The average molecular weight is 177 g/mol. The van der Waals surface area contributed by atoms with Crippen LogP contribution < -0.4 is 5.73 Å². The third-order valence-electron chi connectivity index (χ3n) is 1.74. The van der Waals surface area contributed by atoms with E-state index in [1.54, 1.807) is 0 Å². The minimum absolute atomic E-state index is 0.157. The van der Waals surface area contributed by atoms with Gasteiger partial charge in [0.25, 0.3) is 10.1 Å². The van der Waals surface area contributed by atoms with Gasteiger partial charge >= 0.3 is 0 Å². The molecule has 5 heteroatoms. The maximum absolute atomic E-state index is 11.0. The quantitative estimate of drug-likeness (QED) is 0.585. The molecular weight excluding hydrogens is 166 g/mol. The third-order valence-corrected chi connectivity index (χ3v) is 3.21. The first-order valence-corrected chi connectivity index (χ1v) is 4.79. The van der Waals surface area contributed by atoms with E-state index in [4.69, 9.17) is 9.92 Å². The van der Waals surface area contributed by atoms with Crippen molar-refractivity contribution in [2.24, 2.45) is 5.73 Å². The molecular formula is C6H11NO3S. The van der Waals surface area contributed by atoms with Gasteiger partial charge in [0, 0.05) is 0 Å². The predicted molar refractivity (Wildman–Crippen MR) is 41.0 cm³/mol. The Bertz CT molecular complexity index is 291. The molecule has 64 valence electrons. The molecule has 0 aromatic carbocycles. The molecule has 11 heavy (non-hydrogen) atoms. The lowest BCUT2D eigenvalue weighted by Gasteiger charge is -2.04. The molecule has 0 aliphatic carbocycles. The molecule has 0 radical (unpaired) electrons. The van der Waals surface area contributed by atoms with Crippen LogP contribution in [0.4, 0.5) is 0 Å². The fraction of sp³-hybridized carbons (Fsp3) is 0.667. The summed E-state index contributed by atoms with van der Waals surface area (Å²) in [6, 6.07) is 0. The fourth-order valence-electron chi connectivity index (χ4n) is 0.936. The lowest BCUT2D eigenvalue weighted by Crippen LogP contribution is -2.15. The summed E-state index contributed by atoms with van der Waals surface area (Å²) in [6.45, 7) is 3.28. The van der Waals surface area contributed by atoms with Gasteiger partial charge in [-0.05, 0) is 13.3 Å². The van der Waals surface area contributed by atoms with Gasteiger partial charge in [-0.3, -0.25) is 4.18 Å². The molecule has 1 aliphatic rings. The largest absolute Gasteiger partial charge is 0.399 e. The molecule has 0 saturated heterocycles. The summed E-state index contributed by atoms with van der Waals surface area (Å²) in [5.41, 5.74) is 5.82. The van der Waals surface area contributed by atoms with Crippen molar-refractivity contribution in [1.82, 2.24) is 0 Å². The standard InChI is InChI=1S/C6H11NO3S/c1-3-5-6(7)4(2)11(8,9)10-5/h5H,3,7H2,1-2H3/t5-/m1/s1. The van der Waals surface area contributed by atoms with E-state index in [1.165, 1.54) is 6.92 Å². The highest BCUT2D eigenvalue weighted by atomic mass is 32.2. The van der Waals surface area contributed by atoms with Crippen molar-refractivity contribution in [1.29, 1.82) is 0 Å². The van der Waals surface area contributed by atoms with Crippen molar-refractivity contribution in [2.75, 3.05) is 0 Å². The normalized spacial score (nSPS) is 29.5. The Morgan fingerprint density at radius 1 is 1.64 bits per heavy atom. The van der Waals surface area contributed by atoms with E-state index in [9.17, 15) is 8.42 Å². The van der Waals surface area contributed by atoms with Gasteiger partial charge in [0.15, 0.2) is 0 Å². The van der Waals surface area contributed by atoms with Crippen molar-refractivity contribution in [3.8, 4) is 0 Å². The van der Waals surface area contributed by atoms with Crippen LogP contribution in [0.3, 0.4) is 0 Å². The van der Waals surface area contributed by atoms with Gasteiger partial charge in [-0.1, -0.05) is 6.92 Å². The number of rotatable bonds is 1. The third kappa shape index (κ3) is 1.25. The fourth-order valence-corrected chi connectivity index (χ4v) is 2.05.